The Hall–Kier alpha value is -2.08. The van der Waals surface area contributed by atoms with E-state index in [1.807, 2.05) is 30.3 Å². The molecule has 1 aliphatic carbocycles. The second-order valence-electron chi connectivity index (χ2n) is 6.38. The molecule has 2 unspecified atom stereocenters. The maximum absolute atomic E-state index is 15.0. The molecule has 3 heteroatoms. The van der Waals surface area contributed by atoms with Gasteiger partial charge < -0.3 is 4.74 Å². The van der Waals surface area contributed by atoms with E-state index in [0.717, 1.165) is 31.2 Å². The molecule has 0 fully saturated rings. The van der Waals surface area contributed by atoms with Gasteiger partial charge in [0.25, 0.3) is 0 Å². The van der Waals surface area contributed by atoms with Crippen LogP contribution in [0.2, 0.25) is 0 Å². The molecule has 0 saturated carbocycles. The third kappa shape index (κ3) is 5.19. The van der Waals surface area contributed by atoms with Crippen molar-refractivity contribution in [2.45, 2.75) is 57.3 Å². The van der Waals surface area contributed by atoms with Crippen LogP contribution in [-0.2, 0) is 4.74 Å². The van der Waals surface area contributed by atoms with Crippen molar-refractivity contribution >= 4 is 0 Å². The molecule has 0 amide bonds. The van der Waals surface area contributed by atoms with Crippen LogP contribution in [0.4, 0.5) is 8.78 Å². The van der Waals surface area contributed by atoms with E-state index in [2.05, 4.69) is 18.8 Å². The number of benzene rings is 1. The Balaban J connectivity index is 2.09. The Labute approximate surface area is 149 Å². The second-order valence-corrected chi connectivity index (χ2v) is 6.38. The van der Waals surface area contributed by atoms with E-state index in [1.165, 1.54) is 13.2 Å². The van der Waals surface area contributed by atoms with Gasteiger partial charge in [-0.15, -0.1) is 0 Å². The number of rotatable bonds is 7. The lowest BCUT2D eigenvalue weighted by molar-refractivity contribution is 0.0620. The van der Waals surface area contributed by atoms with E-state index < -0.39 is 11.8 Å². The van der Waals surface area contributed by atoms with Crippen molar-refractivity contribution in [1.29, 1.82) is 0 Å². The van der Waals surface area contributed by atoms with Gasteiger partial charge in [0.1, 0.15) is 5.76 Å². The van der Waals surface area contributed by atoms with Crippen LogP contribution in [0.3, 0.4) is 0 Å². The molecule has 0 N–H and O–H groups in total. The third-order valence-electron chi connectivity index (χ3n) is 4.44. The molecule has 1 aliphatic rings. The maximum atomic E-state index is 15.0. The average molecular weight is 344 g/mol. The molecule has 2 rings (SSSR count). The largest absolute Gasteiger partial charge is 0.497 e. The molecule has 1 aromatic carbocycles. The van der Waals surface area contributed by atoms with Gasteiger partial charge in [-0.2, -0.15) is 0 Å². The monoisotopic (exact) mass is 344 g/mol. The number of unbranched alkanes of at least 4 members (excludes halogenated alkanes) is 4. The molecule has 134 valence electrons. The Morgan fingerprint density at radius 1 is 1.08 bits per heavy atom. The molecule has 2 atom stereocenters. The van der Waals surface area contributed by atoms with Gasteiger partial charge in [-0.3, -0.25) is 0 Å². The van der Waals surface area contributed by atoms with Crippen molar-refractivity contribution in [3.8, 4) is 11.8 Å². The molecule has 0 aromatic heterocycles. The van der Waals surface area contributed by atoms with E-state index >= 15 is 4.39 Å². The summed E-state index contributed by atoms with van der Waals surface area (Å²) < 4.78 is 35.0. The molecule has 25 heavy (non-hydrogen) atoms. The Kier molecular flexibility index (Phi) is 7.25. The zero-order valence-electron chi connectivity index (χ0n) is 15.0. The van der Waals surface area contributed by atoms with Crippen LogP contribution in [0.15, 0.2) is 53.8 Å². The van der Waals surface area contributed by atoms with Crippen LogP contribution in [0, 0.1) is 11.8 Å². The molecular weight excluding hydrogens is 318 g/mol. The first-order chi connectivity index (χ1) is 12.1. The fourth-order valence-corrected chi connectivity index (χ4v) is 2.93. The molecule has 1 nitrogen and oxygen atoms in total. The standard InChI is InChI=1S/C22H26F2O/c1-3-4-5-6-10-16-22(24)17-15-19(20(25-2)21(22)23)14-13-18-11-8-7-9-12-18/h7-9,11-12,15,17,21H,3-6,10,16H2,1-2H3. The van der Waals surface area contributed by atoms with Crippen LogP contribution in [0.1, 0.15) is 51.0 Å². The lowest BCUT2D eigenvalue weighted by atomic mass is 9.86. The van der Waals surface area contributed by atoms with E-state index in [-0.39, 0.29) is 12.2 Å². The van der Waals surface area contributed by atoms with Gasteiger partial charge in [-0.1, -0.05) is 62.6 Å². The molecule has 0 heterocycles. The number of ether oxygens (including phenoxy) is 1. The van der Waals surface area contributed by atoms with Crippen molar-refractivity contribution in [2.24, 2.45) is 0 Å². The van der Waals surface area contributed by atoms with Crippen LogP contribution in [0.5, 0.6) is 0 Å². The van der Waals surface area contributed by atoms with Crippen LogP contribution in [-0.4, -0.2) is 19.0 Å². The first-order valence-corrected chi connectivity index (χ1v) is 8.98. The summed E-state index contributed by atoms with van der Waals surface area (Å²) in [6.07, 6.45) is 6.15. The minimum atomic E-state index is -2.00. The molecule has 0 bridgehead atoms. The molecule has 0 aliphatic heterocycles. The highest BCUT2D eigenvalue weighted by atomic mass is 19.2. The normalized spacial score (nSPS) is 22.5. The van der Waals surface area contributed by atoms with Crippen molar-refractivity contribution < 1.29 is 13.5 Å². The fraction of sp³-hybridized carbons (Fsp3) is 0.455. The van der Waals surface area contributed by atoms with Gasteiger partial charge in [0.15, 0.2) is 11.8 Å². The number of methoxy groups -OCH3 is 1. The maximum Gasteiger partial charge on any atom is 0.195 e. The van der Waals surface area contributed by atoms with Crippen molar-refractivity contribution in [2.75, 3.05) is 7.11 Å². The summed E-state index contributed by atoms with van der Waals surface area (Å²) in [6, 6.07) is 9.41. The summed E-state index contributed by atoms with van der Waals surface area (Å²) in [7, 11) is 1.37. The van der Waals surface area contributed by atoms with Gasteiger partial charge >= 0.3 is 0 Å². The number of hydrogen-bond donors (Lipinski definition) is 0. The molecular formula is C22H26F2O. The predicted molar refractivity (Wildman–Crippen MR) is 98.6 cm³/mol. The Bertz CT molecular complexity index is 666. The zero-order chi connectivity index (χ0) is 18.1. The number of allylic oxidation sites excluding steroid dienone is 4. The minimum Gasteiger partial charge on any atom is -0.497 e. The van der Waals surface area contributed by atoms with Crippen LogP contribution >= 0.6 is 0 Å². The van der Waals surface area contributed by atoms with Crippen molar-refractivity contribution in [3.63, 3.8) is 0 Å². The lowest BCUT2D eigenvalue weighted by Crippen LogP contribution is -2.37. The number of hydrogen-bond acceptors (Lipinski definition) is 1. The molecule has 0 radical (unpaired) electrons. The predicted octanol–water partition coefficient (Wildman–Crippen LogP) is 5.92. The minimum absolute atomic E-state index is 0.0120. The summed E-state index contributed by atoms with van der Waals surface area (Å²) in [5, 5.41) is 0. The van der Waals surface area contributed by atoms with Crippen molar-refractivity contribution in [1.82, 2.24) is 0 Å². The molecule has 0 saturated heterocycles. The second kappa shape index (κ2) is 9.42. The third-order valence-corrected chi connectivity index (χ3v) is 4.44. The number of halogens is 2. The van der Waals surface area contributed by atoms with E-state index in [4.69, 9.17) is 4.74 Å². The highest BCUT2D eigenvalue weighted by Crippen LogP contribution is 2.37. The van der Waals surface area contributed by atoms with E-state index in [9.17, 15) is 4.39 Å². The van der Waals surface area contributed by atoms with Gasteiger partial charge in [-0.05, 0) is 37.1 Å². The lowest BCUT2D eigenvalue weighted by Gasteiger charge is -2.30. The zero-order valence-corrected chi connectivity index (χ0v) is 15.0. The summed E-state index contributed by atoms with van der Waals surface area (Å²) in [5.41, 5.74) is -0.782. The van der Waals surface area contributed by atoms with Crippen LogP contribution in [0.25, 0.3) is 0 Å². The van der Waals surface area contributed by atoms with Gasteiger partial charge in [0.05, 0.1) is 12.7 Å². The SMILES string of the molecule is CCCCCCCC1(F)C=CC(C#Cc2ccccc2)=C(OC)C1F. The first-order valence-electron chi connectivity index (χ1n) is 8.98. The first kappa shape index (κ1) is 19.2. The summed E-state index contributed by atoms with van der Waals surface area (Å²) >= 11 is 0. The molecule has 1 aromatic rings. The Morgan fingerprint density at radius 3 is 2.48 bits per heavy atom. The number of alkyl halides is 2. The average Bonchev–Trinajstić information content (AvgIpc) is 2.63. The van der Waals surface area contributed by atoms with Gasteiger partial charge in [0, 0.05) is 5.56 Å². The summed E-state index contributed by atoms with van der Waals surface area (Å²) in [5.74, 6) is 5.85. The highest BCUT2D eigenvalue weighted by molar-refractivity contribution is 5.50. The van der Waals surface area contributed by atoms with Gasteiger partial charge in [-0.25, -0.2) is 8.78 Å². The topological polar surface area (TPSA) is 9.23 Å². The van der Waals surface area contributed by atoms with E-state index in [0.29, 0.717) is 12.0 Å². The Morgan fingerprint density at radius 2 is 1.80 bits per heavy atom. The van der Waals surface area contributed by atoms with Crippen molar-refractivity contribution in [3.05, 3.63) is 59.4 Å². The van der Waals surface area contributed by atoms with Gasteiger partial charge in [0.2, 0.25) is 0 Å². The smallest absolute Gasteiger partial charge is 0.195 e. The summed E-state index contributed by atoms with van der Waals surface area (Å²) in [6.45, 7) is 2.13. The quantitative estimate of drug-likeness (QED) is 0.441. The summed E-state index contributed by atoms with van der Waals surface area (Å²) in [4.78, 5) is 0. The van der Waals surface area contributed by atoms with E-state index in [1.54, 1.807) is 6.08 Å². The fourth-order valence-electron chi connectivity index (χ4n) is 2.93. The highest BCUT2D eigenvalue weighted by Gasteiger charge is 2.43. The molecule has 0 spiro atoms. The van der Waals surface area contributed by atoms with Crippen LogP contribution < -0.4 is 0 Å².